The molecule has 0 spiro atoms. The number of rotatable bonds is 6. The molecule has 0 saturated heterocycles. The first-order chi connectivity index (χ1) is 32.5. The van der Waals surface area contributed by atoms with E-state index in [9.17, 15) is 5.26 Å². The molecule has 0 saturated carbocycles. The zero-order chi connectivity index (χ0) is 47.3. The Balaban J connectivity index is 1.08. The SMILES string of the molecule is CC(C)(C)c1cc([N+]2=C=[N+](c3cccc(Oc4ccc5c6cc(C#N)ccc6n(-c6cc(C(C)(C)C)ccn6)c5c4)c3)c3cccc(-n4c5ccccc5c5ccccc54)c32)cc(C(C)(C)C)c1. The zero-order valence-corrected chi connectivity index (χ0v) is 40.2. The molecule has 7 aromatic carbocycles. The Morgan fingerprint density at radius 2 is 1.13 bits per heavy atom. The second-order valence-corrected chi connectivity index (χ2v) is 21.2. The van der Waals surface area contributed by atoms with Crippen LogP contribution in [-0.4, -0.2) is 20.1 Å². The summed E-state index contributed by atoms with van der Waals surface area (Å²) in [7, 11) is 0. The summed E-state index contributed by atoms with van der Waals surface area (Å²) < 4.78 is 15.8. The maximum absolute atomic E-state index is 9.87. The number of nitrogens with zero attached hydrogens (tertiary/aromatic N) is 6. The lowest BCUT2D eigenvalue weighted by Crippen LogP contribution is -2.17. The van der Waals surface area contributed by atoms with Crippen LogP contribution in [0.5, 0.6) is 11.5 Å². The summed E-state index contributed by atoms with van der Waals surface area (Å²) in [6, 6.07) is 61.8. The fourth-order valence-electron chi connectivity index (χ4n) is 9.70. The van der Waals surface area contributed by atoms with E-state index < -0.39 is 0 Å². The number of nitriles is 1. The van der Waals surface area contributed by atoms with Crippen molar-refractivity contribution < 1.29 is 4.74 Å². The molecular weight excluding hydrogens is 833 g/mol. The third kappa shape index (κ3) is 7.17. The van der Waals surface area contributed by atoms with Crippen molar-refractivity contribution in [2.75, 3.05) is 0 Å². The molecule has 10 aromatic rings. The van der Waals surface area contributed by atoms with Gasteiger partial charge >= 0.3 is 17.4 Å². The molecule has 0 atom stereocenters. The van der Waals surface area contributed by atoms with Gasteiger partial charge in [0.15, 0.2) is 0 Å². The van der Waals surface area contributed by atoms with Crippen LogP contribution in [-0.2, 0) is 16.2 Å². The summed E-state index contributed by atoms with van der Waals surface area (Å²) >= 11 is 0. The number of benzene rings is 7. The Morgan fingerprint density at radius 1 is 0.500 bits per heavy atom. The van der Waals surface area contributed by atoms with E-state index in [4.69, 9.17) is 9.72 Å². The molecule has 7 nitrogen and oxygen atoms in total. The average Bonchev–Trinajstić information content (AvgIpc) is 3.98. The predicted molar refractivity (Wildman–Crippen MR) is 281 cm³/mol. The molecular formula is C61H54N6O+2. The van der Waals surface area contributed by atoms with E-state index in [0.29, 0.717) is 17.1 Å². The summed E-state index contributed by atoms with van der Waals surface area (Å²) in [4.78, 5) is 4.88. The molecule has 0 fully saturated rings. The molecule has 3 aromatic heterocycles. The maximum Gasteiger partial charge on any atom is 0.503 e. The van der Waals surface area contributed by atoms with Gasteiger partial charge in [0.25, 0.3) is 0 Å². The van der Waals surface area contributed by atoms with Gasteiger partial charge in [0.1, 0.15) is 23.0 Å². The molecule has 7 heteroatoms. The van der Waals surface area contributed by atoms with Crippen molar-refractivity contribution in [3.8, 4) is 29.1 Å². The molecule has 11 rings (SSSR count). The van der Waals surface area contributed by atoms with Crippen LogP contribution in [0.25, 0.3) is 55.1 Å². The number of ether oxygens (including phenoxy) is 1. The molecule has 0 unspecified atom stereocenters. The molecule has 0 radical (unpaired) electrons. The van der Waals surface area contributed by atoms with Crippen molar-refractivity contribution in [3.63, 3.8) is 0 Å². The first-order valence-electron chi connectivity index (χ1n) is 23.4. The lowest BCUT2D eigenvalue weighted by atomic mass is 9.80. The van der Waals surface area contributed by atoms with E-state index in [1.165, 1.54) is 27.5 Å². The van der Waals surface area contributed by atoms with Crippen molar-refractivity contribution in [2.24, 2.45) is 0 Å². The number of hydrogen-bond acceptors (Lipinski definition) is 3. The summed E-state index contributed by atoms with van der Waals surface area (Å²) in [5.41, 5.74) is 13.4. The van der Waals surface area contributed by atoms with Crippen molar-refractivity contribution in [1.82, 2.24) is 23.3 Å². The standard InChI is InChI=1S/C61H54N6O/c1-59(2,3)40-28-29-63-57(34-40)67-53-27-24-39(37-62)30-50(53)49-26-25-46(36-56(49)67)68-45-17-14-16-43(35-45)64-38-65(44-32-41(60(4,5)6)31-42(33-44)61(7,8)9)58-54(64)22-15-23-55(58)66-51-20-12-10-18-47(51)48-19-11-13-21-52(48)66/h10-36H,1-9H3/q+2. The second kappa shape index (κ2) is 15.5. The monoisotopic (exact) mass is 886 g/mol. The lowest BCUT2D eigenvalue weighted by molar-refractivity contribution is 0.483. The van der Waals surface area contributed by atoms with Gasteiger partial charge in [-0.25, -0.2) is 4.98 Å². The van der Waals surface area contributed by atoms with Crippen LogP contribution >= 0.6 is 0 Å². The quantitative estimate of drug-likeness (QED) is 0.156. The Morgan fingerprint density at radius 3 is 1.81 bits per heavy atom. The molecule has 0 amide bonds. The van der Waals surface area contributed by atoms with Crippen LogP contribution in [0.1, 0.15) is 84.6 Å². The normalized spacial score (nSPS) is 13.0. The van der Waals surface area contributed by atoms with E-state index in [2.05, 4.69) is 214 Å². The van der Waals surface area contributed by atoms with Crippen LogP contribution < -0.4 is 13.9 Å². The Labute approximate surface area is 397 Å². The van der Waals surface area contributed by atoms with Gasteiger partial charge in [-0.05, 0) is 109 Å². The predicted octanol–water partition coefficient (Wildman–Crippen LogP) is 15.7. The van der Waals surface area contributed by atoms with Crippen molar-refractivity contribution >= 4 is 72.4 Å². The third-order valence-corrected chi connectivity index (χ3v) is 13.4. The smallest absolute Gasteiger partial charge is 0.457 e. The molecule has 1 aliphatic rings. The minimum Gasteiger partial charge on any atom is -0.457 e. The van der Waals surface area contributed by atoms with E-state index in [0.717, 1.165) is 67.1 Å². The lowest BCUT2D eigenvalue weighted by Gasteiger charge is -2.24. The van der Waals surface area contributed by atoms with Gasteiger partial charge < -0.3 is 9.30 Å². The van der Waals surface area contributed by atoms with E-state index in [1.54, 1.807) is 0 Å². The van der Waals surface area contributed by atoms with Gasteiger partial charge in [-0.2, -0.15) is 5.26 Å². The minimum atomic E-state index is -0.0831. The van der Waals surface area contributed by atoms with E-state index >= 15 is 0 Å². The van der Waals surface area contributed by atoms with Crippen molar-refractivity contribution in [1.29, 1.82) is 5.26 Å². The first kappa shape index (κ1) is 42.6. The van der Waals surface area contributed by atoms with Crippen LogP contribution in [0, 0.1) is 11.3 Å². The highest BCUT2D eigenvalue weighted by atomic mass is 16.5. The maximum atomic E-state index is 9.87. The fourth-order valence-corrected chi connectivity index (χ4v) is 9.70. The molecule has 0 N–H and O–H groups in total. The van der Waals surface area contributed by atoms with Crippen LogP contribution in [0.2, 0.25) is 0 Å². The number of para-hydroxylation sites is 3. The van der Waals surface area contributed by atoms with Gasteiger partial charge in [-0.15, -0.1) is 0 Å². The number of pyridine rings is 1. The average molecular weight is 887 g/mol. The molecule has 0 bridgehead atoms. The van der Waals surface area contributed by atoms with Crippen LogP contribution in [0.3, 0.4) is 0 Å². The number of aromatic nitrogens is 3. The van der Waals surface area contributed by atoms with Gasteiger partial charge in [0.2, 0.25) is 11.4 Å². The summed E-state index contributed by atoms with van der Waals surface area (Å²) in [5, 5.41) is 14.3. The summed E-state index contributed by atoms with van der Waals surface area (Å²) in [6.45, 7) is 20.4. The topological polar surface area (TPSA) is 61.8 Å². The number of hydrogen-bond donors (Lipinski definition) is 0. The van der Waals surface area contributed by atoms with Gasteiger partial charge in [-0.1, -0.05) is 117 Å². The second-order valence-electron chi connectivity index (χ2n) is 21.2. The van der Waals surface area contributed by atoms with E-state index in [-0.39, 0.29) is 16.2 Å². The van der Waals surface area contributed by atoms with Gasteiger partial charge in [0.05, 0.1) is 39.8 Å². The van der Waals surface area contributed by atoms with Gasteiger partial charge in [-0.3, -0.25) is 4.57 Å². The number of fused-ring (bicyclic) bond motifs is 7. The van der Waals surface area contributed by atoms with Gasteiger partial charge in [0, 0.05) is 58.1 Å². The summed E-state index contributed by atoms with van der Waals surface area (Å²) in [6.07, 6.45) is 1.88. The van der Waals surface area contributed by atoms with Crippen molar-refractivity contribution in [2.45, 2.75) is 78.6 Å². The molecule has 68 heavy (non-hydrogen) atoms. The first-order valence-corrected chi connectivity index (χ1v) is 23.4. The highest BCUT2D eigenvalue weighted by Crippen LogP contribution is 2.45. The largest absolute Gasteiger partial charge is 0.503 e. The molecule has 0 aliphatic carbocycles. The Bertz CT molecular complexity index is 3740. The molecule has 332 valence electrons. The van der Waals surface area contributed by atoms with E-state index in [1.807, 2.05) is 42.6 Å². The third-order valence-electron chi connectivity index (χ3n) is 13.4. The Hall–Kier alpha value is -8.04. The minimum absolute atomic E-state index is 0.0656. The zero-order valence-electron chi connectivity index (χ0n) is 40.2. The van der Waals surface area contributed by atoms with Crippen LogP contribution in [0.4, 0.5) is 22.7 Å². The van der Waals surface area contributed by atoms with Crippen LogP contribution in [0.15, 0.2) is 164 Å². The molecule has 4 heterocycles. The summed E-state index contributed by atoms with van der Waals surface area (Å²) in [5.74, 6) is 2.19. The fraction of sp³-hybridized carbons (Fsp3) is 0.197. The Kier molecular flexibility index (Phi) is 9.72. The highest BCUT2D eigenvalue weighted by molar-refractivity contribution is 6.11. The van der Waals surface area contributed by atoms with Crippen molar-refractivity contribution in [3.05, 3.63) is 186 Å². The molecule has 1 aliphatic heterocycles. The highest BCUT2D eigenvalue weighted by Gasteiger charge is 2.41.